The first kappa shape index (κ1) is 13.3. The lowest BCUT2D eigenvalue weighted by molar-refractivity contribution is 0.581. The highest BCUT2D eigenvalue weighted by atomic mass is 32.2. The second-order valence-corrected chi connectivity index (χ2v) is 6.40. The predicted octanol–water partition coefficient (Wildman–Crippen LogP) is 1.63. The number of nitrogens with one attached hydrogen (secondary N) is 2. The number of halogens is 1. The Labute approximate surface area is 107 Å². The first-order chi connectivity index (χ1) is 8.46. The molecular weight excluding hydrogens is 255 g/mol. The molecule has 100 valence electrons. The van der Waals surface area contributed by atoms with Crippen molar-refractivity contribution in [1.29, 1.82) is 0 Å². The van der Waals surface area contributed by atoms with Gasteiger partial charge in [-0.15, -0.1) is 0 Å². The van der Waals surface area contributed by atoms with E-state index in [0.717, 1.165) is 19.4 Å². The molecule has 0 radical (unpaired) electrons. The van der Waals surface area contributed by atoms with Crippen LogP contribution in [0.5, 0.6) is 0 Å². The zero-order valence-electron chi connectivity index (χ0n) is 10.2. The largest absolute Gasteiger partial charge is 0.313 e. The summed E-state index contributed by atoms with van der Waals surface area (Å²) in [6, 6.07) is 4.07. The van der Waals surface area contributed by atoms with E-state index >= 15 is 0 Å². The van der Waals surface area contributed by atoms with Crippen molar-refractivity contribution in [2.75, 3.05) is 17.0 Å². The SMILES string of the molecule is Cc1ccc(F)cc1NS(=O)(=O)CC1CCCN1. The van der Waals surface area contributed by atoms with Gasteiger partial charge in [0.25, 0.3) is 0 Å². The maximum Gasteiger partial charge on any atom is 0.234 e. The lowest BCUT2D eigenvalue weighted by Crippen LogP contribution is -2.33. The third kappa shape index (κ3) is 3.43. The number of aryl methyl sites for hydroxylation is 1. The van der Waals surface area contributed by atoms with Crippen LogP contribution in [0.25, 0.3) is 0 Å². The Morgan fingerprint density at radius 3 is 2.94 bits per heavy atom. The van der Waals surface area contributed by atoms with Crippen molar-refractivity contribution in [3.05, 3.63) is 29.6 Å². The van der Waals surface area contributed by atoms with E-state index in [9.17, 15) is 12.8 Å². The Morgan fingerprint density at radius 2 is 2.28 bits per heavy atom. The van der Waals surface area contributed by atoms with E-state index in [-0.39, 0.29) is 11.8 Å². The molecule has 1 fully saturated rings. The van der Waals surface area contributed by atoms with Crippen LogP contribution in [0.4, 0.5) is 10.1 Å². The van der Waals surface area contributed by atoms with Crippen molar-refractivity contribution in [2.24, 2.45) is 0 Å². The summed E-state index contributed by atoms with van der Waals surface area (Å²) in [4.78, 5) is 0. The predicted molar refractivity (Wildman–Crippen MR) is 69.6 cm³/mol. The van der Waals surface area contributed by atoms with Gasteiger partial charge in [-0.25, -0.2) is 12.8 Å². The molecule has 1 aromatic rings. The molecule has 1 aliphatic heterocycles. The van der Waals surface area contributed by atoms with E-state index in [4.69, 9.17) is 0 Å². The van der Waals surface area contributed by atoms with Gasteiger partial charge in [-0.05, 0) is 44.0 Å². The molecule has 1 aromatic carbocycles. The van der Waals surface area contributed by atoms with E-state index in [1.54, 1.807) is 13.0 Å². The van der Waals surface area contributed by atoms with Gasteiger partial charge in [0.1, 0.15) is 5.82 Å². The van der Waals surface area contributed by atoms with Gasteiger partial charge in [-0.3, -0.25) is 4.72 Å². The Balaban J connectivity index is 2.09. The van der Waals surface area contributed by atoms with Crippen molar-refractivity contribution < 1.29 is 12.8 Å². The summed E-state index contributed by atoms with van der Waals surface area (Å²) < 4.78 is 39.4. The van der Waals surface area contributed by atoms with Crippen LogP contribution in [-0.4, -0.2) is 26.8 Å². The molecular formula is C12H17FN2O2S. The van der Waals surface area contributed by atoms with Crippen LogP contribution in [0.3, 0.4) is 0 Å². The summed E-state index contributed by atoms with van der Waals surface area (Å²) in [6.45, 7) is 2.60. The van der Waals surface area contributed by atoms with Gasteiger partial charge >= 0.3 is 0 Å². The lowest BCUT2D eigenvalue weighted by atomic mass is 10.2. The van der Waals surface area contributed by atoms with Crippen molar-refractivity contribution in [3.8, 4) is 0 Å². The summed E-state index contributed by atoms with van der Waals surface area (Å²) in [5.41, 5.74) is 1.02. The Hall–Kier alpha value is -1.14. The molecule has 1 saturated heterocycles. The molecule has 6 heteroatoms. The monoisotopic (exact) mass is 272 g/mol. The van der Waals surface area contributed by atoms with Crippen LogP contribution in [0.15, 0.2) is 18.2 Å². The molecule has 2 N–H and O–H groups in total. The summed E-state index contributed by atoms with van der Waals surface area (Å²) >= 11 is 0. The Bertz CT molecular complexity index is 525. The van der Waals surface area contributed by atoms with Gasteiger partial charge in [0.2, 0.25) is 10.0 Å². The molecule has 1 atom stereocenters. The molecule has 1 unspecified atom stereocenters. The van der Waals surface area contributed by atoms with Crippen LogP contribution in [0.2, 0.25) is 0 Å². The van der Waals surface area contributed by atoms with Crippen molar-refractivity contribution >= 4 is 15.7 Å². The van der Waals surface area contributed by atoms with Crippen molar-refractivity contribution in [1.82, 2.24) is 5.32 Å². The van der Waals surface area contributed by atoms with Gasteiger partial charge in [0.05, 0.1) is 11.4 Å². The second kappa shape index (κ2) is 5.24. The van der Waals surface area contributed by atoms with E-state index in [1.165, 1.54) is 12.1 Å². The molecule has 0 spiro atoms. The maximum atomic E-state index is 13.1. The smallest absolute Gasteiger partial charge is 0.234 e. The Morgan fingerprint density at radius 1 is 1.50 bits per heavy atom. The van der Waals surface area contributed by atoms with Gasteiger partial charge in [0, 0.05) is 6.04 Å². The molecule has 0 bridgehead atoms. The number of hydrogen-bond acceptors (Lipinski definition) is 3. The minimum absolute atomic E-state index is 0.00337. The fraction of sp³-hybridized carbons (Fsp3) is 0.500. The summed E-state index contributed by atoms with van der Waals surface area (Å²) in [5.74, 6) is -0.416. The molecule has 1 aliphatic rings. The van der Waals surface area contributed by atoms with Crippen LogP contribution in [0, 0.1) is 12.7 Å². The second-order valence-electron chi connectivity index (χ2n) is 4.64. The van der Waals surface area contributed by atoms with Crippen LogP contribution < -0.4 is 10.0 Å². The maximum absolute atomic E-state index is 13.1. The summed E-state index contributed by atoms with van der Waals surface area (Å²) in [7, 11) is -3.44. The minimum atomic E-state index is -3.44. The van der Waals surface area contributed by atoms with Crippen LogP contribution in [-0.2, 0) is 10.0 Å². The van der Waals surface area contributed by atoms with Gasteiger partial charge < -0.3 is 5.32 Å². The van der Waals surface area contributed by atoms with E-state index < -0.39 is 15.8 Å². The zero-order chi connectivity index (χ0) is 13.2. The van der Waals surface area contributed by atoms with Crippen LogP contribution >= 0.6 is 0 Å². The highest BCUT2D eigenvalue weighted by molar-refractivity contribution is 7.92. The van der Waals surface area contributed by atoms with Gasteiger partial charge in [-0.1, -0.05) is 6.07 Å². The zero-order valence-corrected chi connectivity index (χ0v) is 11.1. The van der Waals surface area contributed by atoms with Crippen LogP contribution in [0.1, 0.15) is 18.4 Å². The van der Waals surface area contributed by atoms with E-state index in [2.05, 4.69) is 10.0 Å². The molecule has 1 heterocycles. The quantitative estimate of drug-likeness (QED) is 0.876. The molecule has 0 aromatic heterocycles. The number of benzene rings is 1. The third-order valence-electron chi connectivity index (χ3n) is 3.05. The molecule has 0 saturated carbocycles. The first-order valence-corrected chi connectivity index (χ1v) is 7.61. The molecule has 18 heavy (non-hydrogen) atoms. The fourth-order valence-electron chi connectivity index (χ4n) is 2.08. The average Bonchev–Trinajstić information content (AvgIpc) is 2.75. The van der Waals surface area contributed by atoms with Gasteiger partial charge in [-0.2, -0.15) is 0 Å². The number of hydrogen-bond donors (Lipinski definition) is 2. The Kier molecular flexibility index (Phi) is 3.87. The van der Waals surface area contributed by atoms with E-state index in [0.29, 0.717) is 11.3 Å². The normalized spacial score (nSPS) is 20.0. The van der Waals surface area contributed by atoms with Crippen molar-refractivity contribution in [2.45, 2.75) is 25.8 Å². The summed E-state index contributed by atoms with van der Waals surface area (Å²) in [6.07, 6.45) is 1.86. The highest BCUT2D eigenvalue weighted by Gasteiger charge is 2.22. The minimum Gasteiger partial charge on any atom is -0.313 e. The number of rotatable bonds is 4. The van der Waals surface area contributed by atoms with E-state index in [1.807, 2.05) is 0 Å². The van der Waals surface area contributed by atoms with Gasteiger partial charge in [0.15, 0.2) is 0 Å². The molecule has 0 amide bonds. The van der Waals surface area contributed by atoms with Crippen molar-refractivity contribution in [3.63, 3.8) is 0 Å². The summed E-state index contributed by atoms with van der Waals surface area (Å²) in [5, 5.41) is 3.13. The highest BCUT2D eigenvalue weighted by Crippen LogP contribution is 2.18. The topological polar surface area (TPSA) is 58.2 Å². The average molecular weight is 272 g/mol. The fourth-order valence-corrected chi connectivity index (χ4v) is 3.53. The number of anilines is 1. The third-order valence-corrected chi connectivity index (χ3v) is 4.42. The first-order valence-electron chi connectivity index (χ1n) is 5.96. The number of sulfonamides is 1. The lowest BCUT2D eigenvalue weighted by Gasteiger charge is -2.14. The molecule has 0 aliphatic carbocycles. The molecule has 2 rings (SSSR count). The standard InChI is InChI=1S/C12H17FN2O2S/c1-9-4-5-10(13)7-12(9)15-18(16,17)8-11-3-2-6-14-11/h4-5,7,11,14-15H,2-3,6,8H2,1H3. The molecule has 4 nitrogen and oxygen atoms in total.